The number of aromatic nitrogens is 4. The molecule has 2 aromatic heterocycles. The molecule has 0 amide bonds. The molecule has 0 spiro atoms. The standard InChI is InChI=1S/C17H18N6O5S/c1-12-6-7-13(23(25)26)11-15(12)29(27,28)19-9-10-22-17(24)21(2)16(20-22)14-5-3-4-8-18-14/h3-8,11,19H,9-10H2,1-2H3. The van der Waals surface area contributed by atoms with Crippen molar-refractivity contribution in [3.8, 4) is 11.5 Å². The van der Waals surface area contributed by atoms with E-state index in [0.29, 0.717) is 17.1 Å². The number of nitro groups is 1. The van der Waals surface area contributed by atoms with E-state index in [1.165, 1.54) is 16.7 Å². The lowest BCUT2D eigenvalue weighted by Crippen LogP contribution is -2.32. The van der Waals surface area contributed by atoms with Crippen LogP contribution in [0, 0.1) is 17.0 Å². The fraction of sp³-hybridized carbons (Fsp3) is 0.235. The van der Waals surface area contributed by atoms with E-state index in [2.05, 4.69) is 14.8 Å². The third-order valence-electron chi connectivity index (χ3n) is 4.22. The first-order chi connectivity index (χ1) is 13.7. The molecule has 3 aromatic rings. The average Bonchev–Trinajstić information content (AvgIpc) is 2.97. The Hall–Kier alpha value is -3.38. The molecular formula is C17H18N6O5S. The quantitative estimate of drug-likeness (QED) is 0.442. The topological polar surface area (TPSA) is 142 Å². The number of nitrogens with zero attached hydrogens (tertiary/aromatic N) is 5. The lowest BCUT2D eigenvalue weighted by atomic mass is 10.2. The summed E-state index contributed by atoms with van der Waals surface area (Å²) in [6.07, 6.45) is 1.58. The molecule has 0 atom stereocenters. The SMILES string of the molecule is Cc1ccc([N+](=O)[O-])cc1S(=O)(=O)NCCn1nc(-c2ccccn2)n(C)c1=O. The van der Waals surface area contributed by atoms with Gasteiger partial charge < -0.3 is 0 Å². The molecule has 0 aliphatic rings. The molecule has 11 nitrogen and oxygen atoms in total. The van der Waals surface area contributed by atoms with E-state index in [0.717, 1.165) is 10.7 Å². The van der Waals surface area contributed by atoms with Crippen molar-refractivity contribution in [1.29, 1.82) is 0 Å². The van der Waals surface area contributed by atoms with Gasteiger partial charge in [0.05, 0.1) is 16.4 Å². The summed E-state index contributed by atoms with van der Waals surface area (Å²) in [7, 11) is -2.45. The molecule has 0 fully saturated rings. The van der Waals surface area contributed by atoms with Gasteiger partial charge in [-0.25, -0.2) is 22.6 Å². The molecule has 0 radical (unpaired) electrons. The Morgan fingerprint density at radius 3 is 2.66 bits per heavy atom. The van der Waals surface area contributed by atoms with Gasteiger partial charge in [-0.1, -0.05) is 12.1 Å². The maximum absolute atomic E-state index is 12.5. The predicted octanol–water partition coefficient (Wildman–Crippen LogP) is 0.839. The average molecular weight is 418 g/mol. The second kappa shape index (κ2) is 7.93. The van der Waals surface area contributed by atoms with Crippen molar-refractivity contribution >= 4 is 15.7 Å². The van der Waals surface area contributed by atoms with Gasteiger partial charge in [-0.05, 0) is 24.6 Å². The van der Waals surface area contributed by atoms with Gasteiger partial charge in [-0.2, -0.15) is 0 Å². The van der Waals surface area contributed by atoms with E-state index >= 15 is 0 Å². The fourth-order valence-corrected chi connectivity index (χ4v) is 3.99. The van der Waals surface area contributed by atoms with E-state index in [-0.39, 0.29) is 23.7 Å². The van der Waals surface area contributed by atoms with Crippen molar-refractivity contribution in [2.75, 3.05) is 6.54 Å². The van der Waals surface area contributed by atoms with E-state index in [1.807, 2.05) is 0 Å². The molecule has 2 heterocycles. The minimum absolute atomic E-state index is 0.0211. The zero-order valence-electron chi connectivity index (χ0n) is 15.6. The molecule has 1 aromatic carbocycles. The zero-order valence-corrected chi connectivity index (χ0v) is 16.5. The minimum atomic E-state index is -4.00. The summed E-state index contributed by atoms with van der Waals surface area (Å²) in [5.74, 6) is 0.355. The van der Waals surface area contributed by atoms with Gasteiger partial charge in [-0.15, -0.1) is 5.10 Å². The number of benzene rings is 1. The Morgan fingerprint density at radius 2 is 2.00 bits per heavy atom. The van der Waals surface area contributed by atoms with Crippen LogP contribution >= 0.6 is 0 Å². The number of hydrogen-bond acceptors (Lipinski definition) is 7. The second-order valence-electron chi connectivity index (χ2n) is 6.21. The van der Waals surface area contributed by atoms with Gasteiger partial charge in [-0.3, -0.25) is 19.7 Å². The van der Waals surface area contributed by atoms with Crippen LogP contribution in [0.1, 0.15) is 5.56 Å². The maximum atomic E-state index is 12.5. The van der Waals surface area contributed by atoms with E-state index in [1.54, 1.807) is 38.4 Å². The van der Waals surface area contributed by atoms with Gasteiger partial charge in [0, 0.05) is 31.9 Å². The number of sulfonamides is 1. The molecule has 0 aliphatic heterocycles. The summed E-state index contributed by atoms with van der Waals surface area (Å²) >= 11 is 0. The molecule has 152 valence electrons. The number of nitrogens with one attached hydrogen (secondary N) is 1. The van der Waals surface area contributed by atoms with Crippen LogP contribution in [0.25, 0.3) is 11.5 Å². The Bertz CT molecular complexity index is 1220. The lowest BCUT2D eigenvalue weighted by molar-refractivity contribution is -0.385. The van der Waals surface area contributed by atoms with E-state index in [9.17, 15) is 23.3 Å². The van der Waals surface area contributed by atoms with Gasteiger partial charge in [0.2, 0.25) is 10.0 Å². The molecule has 0 unspecified atom stereocenters. The highest BCUT2D eigenvalue weighted by Crippen LogP contribution is 2.21. The molecule has 29 heavy (non-hydrogen) atoms. The monoisotopic (exact) mass is 418 g/mol. The highest BCUT2D eigenvalue weighted by Gasteiger charge is 2.21. The van der Waals surface area contributed by atoms with Crippen LogP contribution in [0.5, 0.6) is 0 Å². The minimum Gasteiger partial charge on any atom is -0.277 e. The van der Waals surface area contributed by atoms with Crippen LogP contribution in [0.2, 0.25) is 0 Å². The van der Waals surface area contributed by atoms with Gasteiger partial charge >= 0.3 is 5.69 Å². The molecule has 3 rings (SSSR count). The van der Waals surface area contributed by atoms with E-state index in [4.69, 9.17) is 0 Å². The number of pyridine rings is 1. The number of nitro benzene ring substituents is 1. The van der Waals surface area contributed by atoms with Crippen LogP contribution < -0.4 is 10.4 Å². The van der Waals surface area contributed by atoms with Crippen LogP contribution in [0.15, 0.2) is 52.3 Å². The number of rotatable bonds is 7. The fourth-order valence-electron chi connectivity index (χ4n) is 2.71. The van der Waals surface area contributed by atoms with Crippen LogP contribution in [-0.4, -0.2) is 39.2 Å². The summed E-state index contributed by atoms with van der Waals surface area (Å²) in [5.41, 5.74) is 0.141. The number of hydrogen-bond donors (Lipinski definition) is 1. The summed E-state index contributed by atoms with van der Waals surface area (Å²) < 4.78 is 29.9. The Kier molecular flexibility index (Phi) is 5.57. The van der Waals surface area contributed by atoms with Crippen molar-refractivity contribution < 1.29 is 13.3 Å². The largest absolute Gasteiger partial charge is 0.346 e. The van der Waals surface area contributed by atoms with Gasteiger partial charge in [0.15, 0.2) is 5.82 Å². The molecule has 12 heteroatoms. The first kappa shape index (κ1) is 20.4. The molecule has 1 N–H and O–H groups in total. The van der Waals surface area contributed by atoms with Gasteiger partial charge in [0.25, 0.3) is 5.69 Å². The molecule has 0 bridgehead atoms. The second-order valence-corrected chi connectivity index (χ2v) is 7.94. The third-order valence-corrected chi connectivity index (χ3v) is 5.83. The van der Waals surface area contributed by atoms with Crippen molar-refractivity contribution in [1.82, 2.24) is 24.1 Å². The summed E-state index contributed by atoms with van der Waals surface area (Å²) in [5, 5.41) is 15.1. The highest BCUT2D eigenvalue weighted by atomic mass is 32.2. The molecule has 0 saturated carbocycles. The van der Waals surface area contributed by atoms with Crippen LogP contribution in [-0.2, 0) is 23.6 Å². The zero-order chi connectivity index (χ0) is 21.2. The smallest absolute Gasteiger partial charge is 0.277 e. The predicted molar refractivity (Wildman–Crippen MR) is 104 cm³/mol. The molecule has 0 saturated heterocycles. The summed E-state index contributed by atoms with van der Waals surface area (Å²) in [6.45, 7) is 1.40. The first-order valence-electron chi connectivity index (χ1n) is 8.50. The van der Waals surface area contributed by atoms with Crippen molar-refractivity contribution in [3.63, 3.8) is 0 Å². The Morgan fingerprint density at radius 1 is 1.24 bits per heavy atom. The van der Waals surface area contributed by atoms with E-state index < -0.39 is 20.6 Å². The highest BCUT2D eigenvalue weighted by molar-refractivity contribution is 7.89. The third kappa shape index (κ3) is 4.22. The van der Waals surface area contributed by atoms with Crippen molar-refractivity contribution in [2.24, 2.45) is 7.05 Å². The lowest BCUT2D eigenvalue weighted by Gasteiger charge is -2.09. The van der Waals surface area contributed by atoms with Crippen LogP contribution in [0.3, 0.4) is 0 Å². The Labute approximate surface area is 165 Å². The van der Waals surface area contributed by atoms with Gasteiger partial charge in [0.1, 0.15) is 5.69 Å². The molecular weight excluding hydrogens is 400 g/mol. The molecule has 0 aliphatic carbocycles. The Balaban J connectivity index is 1.77. The summed E-state index contributed by atoms with van der Waals surface area (Å²) in [6, 6.07) is 8.82. The maximum Gasteiger partial charge on any atom is 0.346 e. The number of non-ortho nitro benzene ring substituents is 1. The number of aryl methyl sites for hydroxylation is 1. The van der Waals surface area contributed by atoms with Crippen molar-refractivity contribution in [3.05, 3.63) is 68.8 Å². The van der Waals surface area contributed by atoms with Crippen LogP contribution in [0.4, 0.5) is 5.69 Å². The summed E-state index contributed by atoms with van der Waals surface area (Å²) in [4.78, 5) is 26.6. The first-order valence-corrected chi connectivity index (χ1v) is 9.99. The normalized spacial score (nSPS) is 11.5. The van der Waals surface area contributed by atoms with Crippen molar-refractivity contribution in [2.45, 2.75) is 18.4 Å².